The third kappa shape index (κ3) is 12.5. The van der Waals surface area contributed by atoms with Crippen LogP contribution in [0.15, 0.2) is 0 Å². The minimum atomic E-state index is -4.32. The van der Waals surface area contributed by atoms with Crippen LogP contribution in [0.25, 0.3) is 11.5 Å². The van der Waals surface area contributed by atoms with Crippen molar-refractivity contribution in [1.82, 2.24) is 0 Å². The second kappa shape index (κ2) is 9.20. The van der Waals surface area contributed by atoms with E-state index >= 15 is 0 Å². The number of carbonyl (C=O) groups is 1. The average molecular weight is 447 g/mol. The molecule has 0 radical (unpaired) electrons. The van der Waals surface area contributed by atoms with Crippen molar-refractivity contribution in [2.45, 2.75) is 37.8 Å². The van der Waals surface area contributed by atoms with Gasteiger partial charge in [0.1, 0.15) is 6.16 Å². The van der Waals surface area contributed by atoms with Gasteiger partial charge in [0.25, 0.3) is 0 Å². The molecule has 0 amide bonds. The summed E-state index contributed by atoms with van der Waals surface area (Å²) in [7, 11) is -4.32. The number of hydrogen-bond donors (Lipinski definition) is 3. The summed E-state index contributed by atoms with van der Waals surface area (Å²) in [5, 5.41) is 7.76. The largest absolute Gasteiger partial charge is 2.00 e. The van der Waals surface area contributed by atoms with Gasteiger partial charge in [-0.1, -0.05) is 25.7 Å². The number of rotatable bonds is 2. The molecule has 2 atom stereocenters. The maximum Gasteiger partial charge on any atom is 2.00 e. The van der Waals surface area contributed by atoms with Crippen LogP contribution in [0.1, 0.15) is 25.7 Å². The Hall–Kier alpha value is 0.228. The standard InChI is InChI=1S/C6H12N2.C2H5O5P.Pt/c7-5-3-1-2-4-6(5)8;3-2(4)1-8(5,6)7;/h5-8H,1-4H2;1H2,(H,3,4)(H2,5,6,7);/q-2;;+2. The zero-order valence-corrected chi connectivity index (χ0v) is 12.3. The van der Waals surface area contributed by atoms with Crippen LogP contribution in [-0.2, 0) is 30.4 Å². The van der Waals surface area contributed by atoms with Crippen LogP contribution in [0.4, 0.5) is 0 Å². The van der Waals surface area contributed by atoms with E-state index in [0.717, 1.165) is 12.8 Å². The molecule has 0 bridgehead atoms. The van der Waals surface area contributed by atoms with Crippen LogP contribution in [-0.4, -0.2) is 39.1 Å². The summed E-state index contributed by atoms with van der Waals surface area (Å²) in [5.74, 6) is -1.49. The first-order chi connectivity index (χ1) is 7.22. The number of aliphatic carboxylic acids is 1. The quantitative estimate of drug-likeness (QED) is 0.552. The van der Waals surface area contributed by atoms with Gasteiger partial charge in [-0.25, -0.2) is 0 Å². The van der Waals surface area contributed by atoms with Gasteiger partial charge in [0.15, 0.2) is 0 Å². The fourth-order valence-corrected chi connectivity index (χ4v) is 1.66. The van der Waals surface area contributed by atoms with Gasteiger partial charge in [0.05, 0.1) is 0 Å². The van der Waals surface area contributed by atoms with Crippen molar-refractivity contribution in [1.29, 1.82) is 0 Å². The van der Waals surface area contributed by atoms with Gasteiger partial charge in [-0.3, -0.25) is 9.36 Å². The third-order valence-corrected chi connectivity index (χ3v) is 2.79. The molecule has 0 aromatic heterocycles. The van der Waals surface area contributed by atoms with Crippen molar-refractivity contribution in [2.24, 2.45) is 0 Å². The Labute approximate surface area is 114 Å². The van der Waals surface area contributed by atoms with E-state index < -0.39 is 19.7 Å². The summed E-state index contributed by atoms with van der Waals surface area (Å²) in [4.78, 5) is 25.4. The molecule has 104 valence electrons. The molecule has 5 N–H and O–H groups in total. The Morgan fingerprint density at radius 3 is 1.65 bits per heavy atom. The van der Waals surface area contributed by atoms with Crippen molar-refractivity contribution in [3.63, 3.8) is 0 Å². The fourth-order valence-electron chi connectivity index (χ4n) is 1.31. The topological polar surface area (TPSA) is 142 Å². The molecule has 1 saturated carbocycles. The molecule has 2 unspecified atom stereocenters. The van der Waals surface area contributed by atoms with Crippen LogP contribution in [0.5, 0.6) is 0 Å². The van der Waals surface area contributed by atoms with Crippen LogP contribution < -0.4 is 0 Å². The second-order valence-corrected chi connectivity index (χ2v) is 5.36. The van der Waals surface area contributed by atoms with E-state index in [-0.39, 0.29) is 33.1 Å². The Morgan fingerprint density at radius 1 is 1.18 bits per heavy atom. The number of carboxylic acids is 1. The smallest absolute Gasteiger partial charge is 0.676 e. The van der Waals surface area contributed by atoms with E-state index in [1.165, 1.54) is 12.8 Å². The molecule has 1 rings (SSSR count). The second-order valence-electron chi connectivity index (χ2n) is 3.71. The summed E-state index contributed by atoms with van der Waals surface area (Å²) < 4.78 is 9.76. The molecule has 1 aliphatic carbocycles. The Morgan fingerprint density at radius 2 is 1.53 bits per heavy atom. The summed E-state index contributed by atoms with van der Waals surface area (Å²) in [6, 6.07) is -0.160. The molecule has 1 fully saturated rings. The van der Waals surface area contributed by atoms with Gasteiger partial charge in [-0.2, -0.15) is 12.1 Å². The molecular weight excluding hydrogens is 430 g/mol. The number of nitrogens with one attached hydrogen (secondary N) is 2. The van der Waals surface area contributed by atoms with Crippen molar-refractivity contribution < 1.29 is 45.3 Å². The van der Waals surface area contributed by atoms with Gasteiger partial charge < -0.3 is 26.4 Å². The first kappa shape index (κ1) is 19.6. The van der Waals surface area contributed by atoms with Crippen LogP contribution >= 0.6 is 7.60 Å². The summed E-state index contributed by atoms with van der Waals surface area (Å²) in [6.07, 6.45) is 3.16. The molecule has 1 aliphatic rings. The van der Waals surface area contributed by atoms with Crippen molar-refractivity contribution in [3.8, 4) is 0 Å². The maximum absolute atomic E-state index is 9.76. The number of carboxylic acid groups (broad SMARTS) is 1. The molecule has 17 heavy (non-hydrogen) atoms. The zero-order chi connectivity index (χ0) is 12.8. The van der Waals surface area contributed by atoms with E-state index in [1.54, 1.807) is 0 Å². The van der Waals surface area contributed by atoms with Crippen LogP contribution in [0.3, 0.4) is 0 Å². The Balaban J connectivity index is 0. The maximum atomic E-state index is 9.76. The molecule has 0 saturated heterocycles. The van der Waals surface area contributed by atoms with Crippen molar-refractivity contribution >= 4 is 13.6 Å². The average Bonchev–Trinajstić information content (AvgIpc) is 2.06. The molecule has 9 heteroatoms. The van der Waals surface area contributed by atoms with Crippen LogP contribution in [0, 0.1) is 0 Å². The van der Waals surface area contributed by atoms with Gasteiger partial charge in [0, 0.05) is 0 Å². The minimum Gasteiger partial charge on any atom is -0.676 e. The first-order valence-corrected chi connectivity index (χ1v) is 6.70. The predicted molar refractivity (Wildman–Crippen MR) is 59.2 cm³/mol. The monoisotopic (exact) mass is 447 g/mol. The van der Waals surface area contributed by atoms with Gasteiger partial charge in [-0.15, -0.1) is 0 Å². The molecule has 0 spiro atoms. The molecule has 7 nitrogen and oxygen atoms in total. The third-order valence-electron chi connectivity index (χ3n) is 2.11. The molecule has 0 aliphatic heterocycles. The normalized spacial score (nSPS) is 24.0. The van der Waals surface area contributed by atoms with Crippen LogP contribution in [0.2, 0.25) is 0 Å². The van der Waals surface area contributed by atoms with Crippen molar-refractivity contribution in [3.05, 3.63) is 11.5 Å². The van der Waals surface area contributed by atoms with Gasteiger partial charge >= 0.3 is 34.6 Å². The summed E-state index contributed by atoms with van der Waals surface area (Å²) in [5.41, 5.74) is 14.6. The molecular formula is C8H17N2O5PPt. The van der Waals surface area contributed by atoms with E-state index in [4.69, 9.17) is 26.4 Å². The minimum absolute atomic E-state index is 0. The van der Waals surface area contributed by atoms with E-state index in [0.29, 0.717) is 0 Å². The first-order valence-electron chi connectivity index (χ1n) is 4.91. The summed E-state index contributed by atoms with van der Waals surface area (Å²) >= 11 is 0. The molecule has 0 aromatic carbocycles. The SMILES string of the molecule is O=C(O)CP(=O)(O)O.[NH-]C1CCCCC1[NH-].[Pt+2]. The van der Waals surface area contributed by atoms with Crippen molar-refractivity contribution in [2.75, 3.05) is 6.16 Å². The van der Waals surface area contributed by atoms with Gasteiger partial charge in [0.2, 0.25) is 0 Å². The van der Waals surface area contributed by atoms with E-state index in [9.17, 15) is 9.36 Å². The molecule has 0 heterocycles. The van der Waals surface area contributed by atoms with Gasteiger partial charge in [-0.05, 0) is 0 Å². The Bertz CT molecular complexity index is 263. The zero-order valence-electron chi connectivity index (χ0n) is 9.11. The summed E-state index contributed by atoms with van der Waals surface area (Å²) in [6.45, 7) is 0. The predicted octanol–water partition coefficient (Wildman–Crippen LogP) is 1.65. The Kier molecular flexibility index (Phi) is 10.6. The van der Waals surface area contributed by atoms with E-state index in [2.05, 4.69) is 0 Å². The van der Waals surface area contributed by atoms with E-state index in [1.807, 2.05) is 0 Å². The molecule has 0 aromatic rings. The fraction of sp³-hybridized carbons (Fsp3) is 0.875. The number of hydrogen-bond acceptors (Lipinski definition) is 2.